The van der Waals surface area contributed by atoms with Gasteiger partial charge in [0.25, 0.3) is 0 Å². The van der Waals surface area contributed by atoms with Crippen molar-refractivity contribution in [2.24, 2.45) is 0 Å². The lowest BCUT2D eigenvalue weighted by atomic mass is 9.98. The number of benzene rings is 9. The summed E-state index contributed by atoms with van der Waals surface area (Å²) >= 11 is 0. The second kappa shape index (κ2) is 12.4. The minimum Gasteiger partial charge on any atom is -0.436 e. The average Bonchev–Trinajstić information content (AvgIpc) is 3.66. The number of anilines is 3. The highest BCUT2D eigenvalue weighted by Gasteiger charge is 2.22. The summed E-state index contributed by atoms with van der Waals surface area (Å²) < 4.78 is 6.53. The van der Waals surface area contributed by atoms with E-state index >= 15 is 0 Å². The smallest absolute Gasteiger partial charge is 0.227 e. The number of rotatable bonds is 6. The van der Waals surface area contributed by atoms with Crippen LogP contribution in [0.2, 0.25) is 0 Å². The van der Waals surface area contributed by atoms with E-state index in [1.807, 2.05) is 6.07 Å². The number of fused-ring (bicyclic) bond motifs is 5. The molecule has 10 rings (SSSR count). The zero-order valence-corrected chi connectivity index (χ0v) is 28.3. The summed E-state index contributed by atoms with van der Waals surface area (Å²) in [4.78, 5) is 7.61. The normalized spacial score (nSPS) is 11.5. The molecule has 3 heteroatoms. The quantitative estimate of drug-likeness (QED) is 0.177. The molecule has 0 radical (unpaired) electrons. The Hall–Kier alpha value is -6.97. The van der Waals surface area contributed by atoms with Crippen LogP contribution in [0.4, 0.5) is 17.1 Å². The van der Waals surface area contributed by atoms with Crippen LogP contribution in [0.3, 0.4) is 0 Å². The van der Waals surface area contributed by atoms with E-state index in [0.717, 1.165) is 61.0 Å². The van der Waals surface area contributed by atoms with Crippen LogP contribution in [0, 0.1) is 0 Å². The number of hydrogen-bond donors (Lipinski definition) is 0. The zero-order valence-electron chi connectivity index (χ0n) is 28.3. The van der Waals surface area contributed by atoms with E-state index in [4.69, 9.17) is 9.40 Å². The Morgan fingerprint density at radius 2 is 0.981 bits per heavy atom. The van der Waals surface area contributed by atoms with Crippen LogP contribution in [-0.2, 0) is 0 Å². The maximum Gasteiger partial charge on any atom is 0.227 e. The maximum atomic E-state index is 6.53. The third-order valence-corrected chi connectivity index (χ3v) is 10.0. The van der Waals surface area contributed by atoms with Gasteiger partial charge in [0, 0.05) is 22.2 Å². The van der Waals surface area contributed by atoms with E-state index in [1.165, 1.54) is 27.3 Å². The lowest BCUT2D eigenvalue weighted by molar-refractivity contribution is 0.620. The summed E-state index contributed by atoms with van der Waals surface area (Å²) in [5.41, 5.74) is 10.4. The van der Waals surface area contributed by atoms with Crippen molar-refractivity contribution in [2.45, 2.75) is 0 Å². The van der Waals surface area contributed by atoms with Crippen molar-refractivity contribution in [1.82, 2.24) is 4.98 Å². The Balaban J connectivity index is 1.20. The highest BCUT2D eigenvalue weighted by atomic mass is 16.3. The highest BCUT2D eigenvalue weighted by molar-refractivity contribution is 6.13. The van der Waals surface area contributed by atoms with Crippen LogP contribution >= 0.6 is 0 Å². The molecule has 244 valence electrons. The van der Waals surface area contributed by atoms with Crippen LogP contribution in [0.5, 0.6) is 0 Å². The summed E-state index contributed by atoms with van der Waals surface area (Å²) in [5.74, 6) is 0.610. The van der Waals surface area contributed by atoms with E-state index in [1.54, 1.807) is 0 Å². The topological polar surface area (TPSA) is 29.3 Å². The number of oxazole rings is 1. The van der Waals surface area contributed by atoms with E-state index in [9.17, 15) is 0 Å². The van der Waals surface area contributed by atoms with Gasteiger partial charge in [-0.05, 0) is 92.2 Å². The fraction of sp³-hybridized carbons (Fsp3) is 0. The maximum absolute atomic E-state index is 6.53. The summed E-state index contributed by atoms with van der Waals surface area (Å²) in [7, 11) is 0. The number of para-hydroxylation sites is 1. The zero-order chi connectivity index (χ0) is 34.4. The van der Waals surface area contributed by atoms with Gasteiger partial charge in [0.15, 0.2) is 5.58 Å². The Morgan fingerprint density at radius 3 is 1.85 bits per heavy atom. The van der Waals surface area contributed by atoms with E-state index in [0.29, 0.717) is 5.89 Å². The first-order chi connectivity index (χ1) is 25.8. The van der Waals surface area contributed by atoms with Crippen LogP contribution in [-0.4, -0.2) is 4.98 Å². The average molecular weight is 665 g/mol. The molecule has 52 heavy (non-hydrogen) atoms. The Kier molecular flexibility index (Phi) is 7.14. The molecule has 0 N–H and O–H groups in total. The van der Waals surface area contributed by atoms with Gasteiger partial charge in [-0.1, -0.05) is 146 Å². The van der Waals surface area contributed by atoms with E-state index < -0.39 is 0 Å². The van der Waals surface area contributed by atoms with Gasteiger partial charge in [-0.2, -0.15) is 0 Å². The van der Waals surface area contributed by atoms with E-state index in [2.05, 4.69) is 193 Å². The molecule has 0 saturated carbocycles. The molecule has 10 aromatic rings. The van der Waals surface area contributed by atoms with Crippen LogP contribution in [0.25, 0.3) is 77.1 Å². The van der Waals surface area contributed by atoms with Gasteiger partial charge in [-0.25, -0.2) is 4.98 Å². The Bertz CT molecular complexity index is 2910. The molecule has 9 aromatic carbocycles. The number of hydrogen-bond acceptors (Lipinski definition) is 3. The predicted octanol–water partition coefficient (Wildman–Crippen LogP) is 13.8. The third kappa shape index (κ3) is 5.19. The molecule has 0 spiro atoms. The summed E-state index contributed by atoms with van der Waals surface area (Å²) in [6, 6.07) is 68.8. The third-order valence-electron chi connectivity index (χ3n) is 10.0. The molecule has 0 amide bonds. The molecule has 0 atom stereocenters. The molecule has 0 bridgehead atoms. The second-order valence-electron chi connectivity index (χ2n) is 13.2. The first-order valence-electron chi connectivity index (χ1n) is 17.6. The lowest BCUT2D eigenvalue weighted by Gasteiger charge is -2.29. The molecule has 1 aromatic heterocycles. The molecule has 0 aliphatic heterocycles. The molecule has 1 heterocycles. The highest BCUT2D eigenvalue weighted by Crippen LogP contribution is 2.46. The fourth-order valence-corrected chi connectivity index (χ4v) is 7.50. The summed E-state index contributed by atoms with van der Waals surface area (Å²) in [6.07, 6.45) is 0. The van der Waals surface area contributed by atoms with Crippen molar-refractivity contribution < 1.29 is 4.42 Å². The second-order valence-corrected chi connectivity index (χ2v) is 13.2. The molecule has 0 saturated heterocycles. The molecule has 0 unspecified atom stereocenters. The SMILES string of the molecule is c1ccc(-c2ccc3cc(N(c4ccccc4-c4ccccc4)c4cccc5ccc6oc(-c7ccc8ccccc8c7)nc6c45)ccc3c2)cc1. The lowest BCUT2D eigenvalue weighted by Crippen LogP contribution is -2.12. The van der Waals surface area contributed by atoms with E-state index in [-0.39, 0.29) is 0 Å². The molecular weight excluding hydrogens is 633 g/mol. The van der Waals surface area contributed by atoms with Gasteiger partial charge in [0.05, 0.1) is 11.4 Å². The molecule has 3 nitrogen and oxygen atoms in total. The Morgan fingerprint density at radius 1 is 0.385 bits per heavy atom. The van der Waals surface area contributed by atoms with Crippen molar-refractivity contribution in [2.75, 3.05) is 4.90 Å². The van der Waals surface area contributed by atoms with Crippen molar-refractivity contribution in [1.29, 1.82) is 0 Å². The first-order valence-corrected chi connectivity index (χ1v) is 17.6. The molecule has 0 aliphatic carbocycles. The van der Waals surface area contributed by atoms with Gasteiger partial charge in [-0.3, -0.25) is 0 Å². The number of nitrogens with zero attached hydrogens (tertiary/aromatic N) is 2. The number of aromatic nitrogens is 1. The van der Waals surface area contributed by atoms with Crippen molar-refractivity contribution >= 4 is 60.5 Å². The van der Waals surface area contributed by atoms with Crippen LogP contribution in [0.15, 0.2) is 199 Å². The van der Waals surface area contributed by atoms with Gasteiger partial charge in [0.1, 0.15) is 5.52 Å². The standard InChI is InChI=1S/C49H32N2O/c1-3-12-33(13-4-1)38-23-24-40-32-42(28-26-39(40)30-38)51(44-20-10-9-19-43(44)35-15-5-2-6-16-35)45-21-11-18-36-27-29-46-48(47(36)45)50-49(52-46)41-25-22-34-14-7-8-17-37(34)31-41/h1-32H. The first kappa shape index (κ1) is 29.9. The molecule has 0 fully saturated rings. The summed E-state index contributed by atoms with van der Waals surface area (Å²) in [6.45, 7) is 0. The molecule has 0 aliphatic rings. The largest absolute Gasteiger partial charge is 0.436 e. The summed E-state index contributed by atoms with van der Waals surface area (Å²) in [5, 5.41) is 6.85. The van der Waals surface area contributed by atoms with Crippen LogP contribution < -0.4 is 4.90 Å². The van der Waals surface area contributed by atoms with Gasteiger partial charge in [-0.15, -0.1) is 0 Å². The van der Waals surface area contributed by atoms with Crippen molar-refractivity contribution in [3.8, 4) is 33.7 Å². The van der Waals surface area contributed by atoms with Crippen molar-refractivity contribution in [3.05, 3.63) is 194 Å². The van der Waals surface area contributed by atoms with Gasteiger partial charge < -0.3 is 9.32 Å². The van der Waals surface area contributed by atoms with Gasteiger partial charge in [0.2, 0.25) is 5.89 Å². The van der Waals surface area contributed by atoms with Gasteiger partial charge >= 0.3 is 0 Å². The Labute approximate surface area is 301 Å². The van der Waals surface area contributed by atoms with Crippen LogP contribution in [0.1, 0.15) is 0 Å². The minimum atomic E-state index is 0.610. The fourth-order valence-electron chi connectivity index (χ4n) is 7.50. The van der Waals surface area contributed by atoms with Crippen molar-refractivity contribution in [3.63, 3.8) is 0 Å². The molecular formula is C49H32N2O. The monoisotopic (exact) mass is 664 g/mol. The minimum absolute atomic E-state index is 0.610. The predicted molar refractivity (Wildman–Crippen MR) is 218 cm³/mol.